The van der Waals surface area contributed by atoms with Gasteiger partial charge in [-0.2, -0.15) is 17.4 Å². The van der Waals surface area contributed by atoms with Crippen LogP contribution < -0.4 is 4.72 Å². The molecule has 134 valence electrons. The minimum Gasteiger partial charge on any atom is -0.341 e. The van der Waals surface area contributed by atoms with Gasteiger partial charge in [0.1, 0.15) is 0 Å². The largest absolute Gasteiger partial charge is 0.341 e. The van der Waals surface area contributed by atoms with Gasteiger partial charge < -0.3 is 4.90 Å². The number of amides is 1. The molecule has 1 aliphatic heterocycles. The van der Waals surface area contributed by atoms with E-state index >= 15 is 0 Å². The fourth-order valence-corrected chi connectivity index (χ4v) is 3.62. The van der Waals surface area contributed by atoms with Gasteiger partial charge in [0.05, 0.1) is 6.42 Å². The average molecular weight is 374 g/mol. The van der Waals surface area contributed by atoms with Gasteiger partial charge in [0.15, 0.2) is 0 Å². The third kappa shape index (κ3) is 5.44. The number of halogens is 1. The first-order valence-electron chi connectivity index (χ1n) is 8.00. The Balaban J connectivity index is 2.00. The number of nitrogens with zero attached hydrogens (tertiary/aromatic N) is 2. The lowest BCUT2D eigenvalue weighted by Crippen LogP contribution is -2.48. The second-order valence-electron chi connectivity index (χ2n) is 6.24. The highest BCUT2D eigenvalue weighted by Gasteiger charge is 2.26. The summed E-state index contributed by atoms with van der Waals surface area (Å²) in [4.78, 5) is 14.3. The van der Waals surface area contributed by atoms with E-state index in [2.05, 4.69) is 4.72 Å². The minimum absolute atomic E-state index is 0.00766. The minimum atomic E-state index is -3.50. The second kappa shape index (κ2) is 8.29. The number of nitrogens with one attached hydrogen (secondary N) is 1. The van der Waals surface area contributed by atoms with Crippen LogP contribution >= 0.6 is 11.6 Å². The molecule has 1 amide bonds. The predicted octanol–water partition coefficient (Wildman–Crippen LogP) is 1.66. The zero-order valence-electron chi connectivity index (χ0n) is 14.0. The highest BCUT2D eigenvalue weighted by atomic mass is 35.5. The molecule has 0 aromatic heterocycles. The average Bonchev–Trinajstić information content (AvgIpc) is 2.74. The third-order valence-corrected chi connectivity index (χ3v) is 5.93. The van der Waals surface area contributed by atoms with Crippen molar-refractivity contribution in [1.82, 2.24) is 13.9 Å². The van der Waals surface area contributed by atoms with Crippen LogP contribution in [0.25, 0.3) is 0 Å². The zero-order valence-corrected chi connectivity index (χ0v) is 15.6. The Morgan fingerprint density at radius 2 is 1.96 bits per heavy atom. The van der Waals surface area contributed by atoms with E-state index in [1.807, 2.05) is 12.1 Å². The van der Waals surface area contributed by atoms with Crippen LogP contribution in [-0.4, -0.2) is 56.8 Å². The van der Waals surface area contributed by atoms with E-state index in [1.54, 1.807) is 17.0 Å². The molecule has 1 atom stereocenters. The van der Waals surface area contributed by atoms with Gasteiger partial charge in [0.2, 0.25) is 5.91 Å². The van der Waals surface area contributed by atoms with Crippen molar-refractivity contribution in [2.24, 2.45) is 0 Å². The first-order chi connectivity index (χ1) is 11.3. The van der Waals surface area contributed by atoms with Gasteiger partial charge in [0, 0.05) is 38.2 Å². The van der Waals surface area contributed by atoms with Crippen LogP contribution in [0.3, 0.4) is 0 Å². The summed E-state index contributed by atoms with van der Waals surface area (Å²) in [5, 5.41) is 0.638. The van der Waals surface area contributed by atoms with E-state index in [4.69, 9.17) is 11.6 Å². The fourth-order valence-electron chi connectivity index (χ4n) is 2.67. The molecule has 6 nitrogen and oxygen atoms in total. The lowest BCUT2D eigenvalue weighted by molar-refractivity contribution is -0.130. The Morgan fingerprint density at radius 3 is 2.58 bits per heavy atom. The van der Waals surface area contributed by atoms with Crippen molar-refractivity contribution < 1.29 is 13.2 Å². The molecule has 1 N–H and O–H groups in total. The van der Waals surface area contributed by atoms with E-state index in [0.29, 0.717) is 24.5 Å². The summed E-state index contributed by atoms with van der Waals surface area (Å²) in [5.41, 5.74) is 0.902. The van der Waals surface area contributed by atoms with Crippen LogP contribution in [0.5, 0.6) is 0 Å². The molecule has 0 unspecified atom stereocenters. The number of likely N-dealkylation sites (tertiary alicyclic amines) is 1. The fraction of sp³-hybridized carbons (Fsp3) is 0.562. The summed E-state index contributed by atoms with van der Waals surface area (Å²) in [6.45, 7) is 1.06. The number of benzene rings is 1. The molecule has 0 radical (unpaired) electrons. The predicted molar refractivity (Wildman–Crippen MR) is 95.1 cm³/mol. The number of carbonyl (C=O) groups excluding carboxylic acids is 1. The standard InChI is InChI=1S/C16H24ClN3O3S/c1-19(2)24(22,23)18-15-5-3-4-10-20(12-15)16(21)11-13-6-8-14(17)9-7-13/h6-9,15,18H,3-5,10-12H2,1-2H3/t15-/m1/s1. The topological polar surface area (TPSA) is 69.7 Å². The van der Waals surface area contributed by atoms with Crippen molar-refractivity contribution in [3.8, 4) is 0 Å². The van der Waals surface area contributed by atoms with E-state index in [1.165, 1.54) is 14.1 Å². The van der Waals surface area contributed by atoms with Gasteiger partial charge in [-0.25, -0.2) is 0 Å². The molecule has 1 aromatic rings. The summed E-state index contributed by atoms with van der Waals surface area (Å²) in [5.74, 6) is 0.00766. The molecule has 1 fully saturated rings. The van der Waals surface area contributed by atoms with Crippen molar-refractivity contribution in [2.45, 2.75) is 31.7 Å². The van der Waals surface area contributed by atoms with Crippen molar-refractivity contribution in [2.75, 3.05) is 27.2 Å². The van der Waals surface area contributed by atoms with Gasteiger partial charge in [-0.05, 0) is 30.5 Å². The number of hydrogen-bond donors (Lipinski definition) is 1. The summed E-state index contributed by atoms with van der Waals surface area (Å²) in [7, 11) is -0.519. The van der Waals surface area contributed by atoms with E-state index < -0.39 is 10.2 Å². The number of carbonyl (C=O) groups is 1. The first-order valence-corrected chi connectivity index (χ1v) is 9.82. The molecule has 0 spiro atoms. The van der Waals surface area contributed by atoms with Crippen molar-refractivity contribution in [3.05, 3.63) is 34.9 Å². The first kappa shape index (κ1) is 19.2. The SMILES string of the molecule is CN(C)S(=O)(=O)N[C@@H]1CCCCN(C(=O)Cc2ccc(Cl)cc2)C1. The van der Waals surface area contributed by atoms with Crippen molar-refractivity contribution >= 4 is 27.7 Å². The summed E-state index contributed by atoms with van der Waals surface area (Å²) < 4.78 is 27.8. The molecule has 1 aliphatic rings. The lowest BCUT2D eigenvalue weighted by Gasteiger charge is -2.26. The highest BCUT2D eigenvalue weighted by Crippen LogP contribution is 2.15. The monoisotopic (exact) mass is 373 g/mol. The molecular formula is C16H24ClN3O3S. The molecule has 24 heavy (non-hydrogen) atoms. The Kier molecular flexibility index (Phi) is 6.62. The molecular weight excluding hydrogens is 350 g/mol. The van der Waals surface area contributed by atoms with Crippen LogP contribution in [0.4, 0.5) is 0 Å². The third-order valence-electron chi connectivity index (χ3n) is 4.09. The van der Waals surface area contributed by atoms with Crippen LogP contribution in [-0.2, 0) is 21.4 Å². The van der Waals surface area contributed by atoms with Crippen molar-refractivity contribution in [1.29, 1.82) is 0 Å². The van der Waals surface area contributed by atoms with Gasteiger partial charge in [-0.1, -0.05) is 30.2 Å². The van der Waals surface area contributed by atoms with E-state index in [0.717, 1.165) is 29.1 Å². The maximum absolute atomic E-state index is 12.6. The van der Waals surface area contributed by atoms with Crippen LogP contribution in [0, 0.1) is 0 Å². The Bertz CT molecular complexity index is 662. The van der Waals surface area contributed by atoms with Gasteiger partial charge in [-0.3, -0.25) is 4.79 Å². The second-order valence-corrected chi connectivity index (χ2v) is 8.59. The summed E-state index contributed by atoms with van der Waals surface area (Å²) >= 11 is 5.86. The Labute approximate surface area is 149 Å². The lowest BCUT2D eigenvalue weighted by atomic mass is 10.1. The summed E-state index contributed by atoms with van der Waals surface area (Å²) in [6, 6.07) is 6.95. The smallest absolute Gasteiger partial charge is 0.279 e. The number of rotatable bonds is 5. The molecule has 0 aliphatic carbocycles. The maximum Gasteiger partial charge on any atom is 0.279 e. The van der Waals surface area contributed by atoms with E-state index in [-0.39, 0.29) is 11.9 Å². The van der Waals surface area contributed by atoms with Gasteiger partial charge >= 0.3 is 0 Å². The molecule has 0 saturated carbocycles. The molecule has 1 saturated heterocycles. The molecule has 2 rings (SSSR count). The highest BCUT2D eigenvalue weighted by molar-refractivity contribution is 7.87. The maximum atomic E-state index is 12.6. The molecule has 1 aromatic carbocycles. The van der Waals surface area contributed by atoms with Gasteiger partial charge in [0.25, 0.3) is 10.2 Å². The van der Waals surface area contributed by atoms with E-state index in [9.17, 15) is 13.2 Å². The number of hydrogen-bond acceptors (Lipinski definition) is 3. The quantitative estimate of drug-likeness (QED) is 0.853. The Morgan fingerprint density at radius 1 is 1.29 bits per heavy atom. The van der Waals surface area contributed by atoms with Crippen molar-refractivity contribution in [3.63, 3.8) is 0 Å². The van der Waals surface area contributed by atoms with Gasteiger partial charge in [-0.15, -0.1) is 0 Å². The molecule has 1 heterocycles. The molecule has 8 heteroatoms. The van der Waals surface area contributed by atoms with Crippen LogP contribution in [0.2, 0.25) is 5.02 Å². The normalized spacial score (nSPS) is 19.3. The Hall–Kier alpha value is -1.15. The summed E-state index contributed by atoms with van der Waals surface area (Å²) in [6.07, 6.45) is 2.81. The molecule has 0 bridgehead atoms. The van der Waals surface area contributed by atoms with Crippen LogP contribution in [0.1, 0.15) is 24.8 Å². The van der Waals surface area contributed by atoms with Crippen LogP contribution in [0.15, 0.2) is 24.3 Å². The zero-order chi connectivity index (χ0) is 17.7.